The van der Waals surface area contributed by atoms with Crippen LogP contribution in [-0.4, -0.2) is 44.6 Å². The molecule has 0 spiro atoms. The first-order valence-electron chi connectivity index (χ1n) is 8.68. The highest BCUT2D eigenvalue weighted by Gasteiger charge is 2.23. The molecule has 1 fully saturated rings. The van der Waals surface area contributed by atoms with Crippen LogP contribution in [-0.2, 0) is 11.2 Å². The van der Waals surface area contributed by atoms with Gasteiger partial charge in [0.05, 0.1) is 7.11 Å². The van der Waals surface area contributed by atoms with Crippen LogP contribution in [0.4, 0.5) is 0 Å². The first-order valence-corrected chi connectivity index (χ1v) is 8.68. The average molecular weight is 318 g/mol. The molecule has 23 heavy (non-hydrogen) atoms. The molecule has 2 rings (SSSR count). The Kier molecular flexibility index (Phi) is 6.90. The van der Waals surface area contributed by atoms with Gasteiger partial charge in [-0.25, -0.2) is 0 Å². The van der Waals surface area contributed by atoms with E-state index in [1.54, 1.807) is 7.11 Å². The fourth-order valence-corrected chi connectivity index (χ4v) is 3.28. The number of methoxy groups -OCH3 is 1. The first kappa shape index (κ1) is 17.8. The van der Waals surface area contributed by atoms with Gasteiger partial charge in [0.25, 0.3) is 0 Å². The summed E-state index contributed by atoms with van der Waals surface area (Å²) in [4.78, 5) is 14.3. The minimum absolute atomic E-state index is 0.248. The number of rotatable bonds is 7. The fourth-order valence-electron chi connectivity index (χ4n) is 3.28. The zero-order valence-corrected chi connectivity index (χ0v) is 14.7. The van der Waals surface area contributed by atoms with Gasteiger partial charge in [0.15, 0.2) is 0 Å². The van der Waals surface area contributed by atoms with Gasteiger partial charge in [-0.05, 0) is 55.8 Å². The standard InChI is InChI=1S/C19H30N2O2/c1-15(17-8-6-11-20-14-17)13-19(22)21(2)12-10-16-7-4-5-9-18(16)23-3/h4-5,7,9,15,17,20H,6,8,10-14H2,1-3H3. The van der Waals surface area contributed by atoms with Crippen LogP contribution < -0.4 is 10.1 Å². The average Bonchev–Trinajstić information content (AvgIpc) is 2.60. The number of amides is 1. The van der Waals surface area contributed by atoms with Crippen molar-refractivity contribution in [3.8, 4) is 5.75 Å². The molecule has 0 bridgehead atoms. The summed E-state index contributed by atoms with van der Waals surface area (Å²) in [6, 6.07) is 8.01. The number of hydrogen-bond donors (Lipinski definition) is 1. The molecule has 0 aliphatic carbocycles. The van der Waals surface area contributed by atoms with Crippen LogP contribution in [0.1, 0.15) is 31.7 Å². The Hall–Kier alpha value is -1.55. The summed E-state index contributed by atoms with van der Waals surface area (Å²) in [5.74, 6) is 2.23. The largest absolute Gasteiger partial charge is 0.496 e. The van der Waals surface area contributed by atoms with Crippen molar-refractivity contribution in [2.75, 3.05) is 33.8 Å². The van der Waals surface area contributed by atoms with Crippen molar-refractivity contribution in [2.45, 2.75) is 32.6 Å². The van der Waals surface area contributed by atoms with Gasteiger partial charge in [-0.2, -0.15) is 0 Å². The Balaban J connectivity index is 1.80. The SMILES string of the molecule is COc1ccccc1CCN(C)C(=O)CC(C)C1CCCNC1. The van der Waals surface area contributed by atoms with Gasteiger partial charge in [-0.15, -0.1) is 0 Å². The Morgan fingerprint density at radius 3 is 2.91 bits per heavy atom. The number of carbonyl (C=O) groups excluding carboxylic acids is 1. The second-order valence-electron chi connectivity index (χ2n) is 6.66. The number of piperidine rings is 1. The molecule has 128 valence electrons. The first-order chi connectivity index (χ1) is 11.1. The lowest BCUT2D eigenvalue weighted by Crippen LogP contribution is -2.36. The Bertz CT molecular complexity index is 498. The summed E-state index contributed by atoms with van der Waals surface area (Å²) in [5.41, 5.74) is 1.15. The van der Waals surface area contributed by atoms with E-state index < -0.39 is 0 Å². The number of hydrogen-bond acceptors (Lipinski definition) is 3. The number of likely N-dealkylation sites (N-methyl/N-ethyl adjacent to an activating group) is 1. The summed E-state index contributed by atoms with van der Waals surface area (Å²) >= 11 is 0. The van der Waals surface area contributed by atoms with Crippen LogP contribution in [0.15, 0.2) is 24.3 Å². The van der Waals surface area contributed by atoms with Crippen LogP contribution in [0.5, 0.6) is 5.75 Å². The molecule has 4 heteroatoms. The number of ether oxygens (including phenoxy) is 1. The van der Waals surface area contributed by atoms with Gasteiger partial charge >= 0.3 is 0 Å². The molecule has 0 aromatic heterocycles. The third-order valence-corrected chi connectivity index (χ3v) is 4.97. The third kappa shape index (κ3) is 5.24. The molecule has 2 atom stereocenters. The van der Waals surface area contributed by atoms with Gasteiger partial charge in [0.1, 0.15) is 5.75 Å². The van der Waals surface area contributed by atoms with Crippen molar-refractivity contribution in [3.05, 3.63) is 29.8 Å². The van der Waals surface area contributed by atoms with Crippen molar-refractivity contribution in [1.29, 1.82) is 0 Å². The predicted octanol–water partition coefficient (Wildman–Crippen LogP) is 2.72. The molecular formula is C19H30N2O2. The highest BCUT2D eigenvalue weighted by molar-refractivity contribution is 5.76. The fraction of sp³-hybridized carbons (Fsp3) is 0.632. The lowest BCUT2D eigenvalue weighted by Gasteiger charge is -2.29. The Labute approximate surface area is 140 Å². The van der Waals surface area contributed by atoms with Crippen molar-refractivity contribution in [2.24, 2.45) is 11.8 Å². The molecule has 0 radical (unpaired) electrons. The van der Waals surface area contributed by atoms with Gasteiger partial charge in [0, 0.05) is 20.0 Å². The van der Waals surface area contributed by atoms with Crippen LogP contribution in [0.25, 0.3) is 0 Å². The maximum atomic E-state index is 12.4. The minimum Gasteiger partial charge on any atom is -0.496 e. The molecule has 4 nitrogen and oxygen atoms in total. The lowest BCUT2D eigenvalue weighted by molar-refractivity contribution is -0.131. The Morgan fingerprint density at radius 1 is 1.43 bits per heavy atom. The van der Waals surface area contributed by atoms with Gasteiger partial charge in [-0.3, -0.25) is 4.79 Å². The smallest absolute Gasteiger partial charge is 0.222 e. The van der Waals surface area contributed by atoms with E-state index in [4.69, 9.17) is 4.74 Å². The van der Waals surface area contributed by atoms with E-state index in [0.29, 0.717) is 18.3 Å². The van der Waals surface area contributed by atoms with E-state index >= 15 is 0 Å². The molecule has 1 heterocycles. The maximum absolute atomic E-state index is 12.4. The summed E-state index contributed by atoms with van der Waals surface area (Å²) < 4.78 is 5.37. The number of benzene rings is 1. The van der Waals surface area contributed by atoms with Gasteiger partial charge in [-0.1, -0.05) is 25.1 Å². The van der Waals surface area contributed by atoms with E-state index in [1.165, 1.54) is 12.8 Å². The lowest BCUT2D eigenvalue weighted by atomic mass is 9.85. The zero-order chi connectivity index (χ0) is 16.7. The molecule has 1 aromatic carbocycles. The quantitative estimate of drug-likeness (QED) is 0.840. The highest BCUT2D eigenvalue weighted by Crippen LogP contribution is 2.23. The van der Waals surface area contributed by atoms with Crippen LogP contribution in [0.3, 0.4) is 0 Å². The third-order valence-electron chi connectivity index (χ3n) is 4.97. The van der Waals surface area contributed by atoms with E-state index in [9.17, 15) is 4.79 Å². The molecule has 1 N–H and O–H groups in total. The van der Waals surface area contributed by atoms with E-state index in [0.717, 1.165) is 37.4 Å². The van der Waals surface area contributed by atoms with E-state index in [2.05, 4.69) is 18.3 Å². The minimum atomic E-state index is 0.248. The second-order valence-corrected chi connectivity index (χ2v) is 6.66. The van der Waals surface area contributed by atoms with Crippen LogP contribution in [0, 0.1) is 11.8 Å². The molecule has 1 aromatic rings. The van der Waals surface area contributed by atoms with Crippen LogP contribution in [0.2, 0.25) is 0 Å². The normalized spacial score (nSPS) is 19.2. The number of nitrogens with zero attached hydrogens (tertiary/aromatic N) is 1. The van der Waals surface area contributed by atoms with Crippen LogP contribution >= 0.6 is 0 Å². The number of nitrogens with one attached hydrogen (secondary N) is 1. The maximum Gasteiger partial charge on any atom is 0.222 e. The van der Waals surface area contributed by atoms with Crippen molar-refractivity contribution in [3.63, 3.8) is 0 Å². The van der Waals surface area contributed by atoms with E-state index in [-0.39, 0.29) is 5.91 Å². The topological polar surface area (TPSA) is 41.6 Å². The second kappa shape index (κ2) is 8.92. The summed E-state index contributed by atoms with van der Waals surface area (Å²) in [6.07, 6.45) is 3.94. The highest BCUT2D eigenvalue weighted by atomic mass is 16.5. The molecule has 1 amide bonds. The van der Waals surface area contributed by atoms with Crippen molar-refractivity contribution >= 4 is 5.91 Å². The molecule has 1 aliphatic heterocycles. The molecule has 2 unspecified atom stereocenters. The summed E-state index contributed by atoms with van der Waals surface area (Å²) in [6.45, 7) is 5.12. The molecule has 1 aliphatic rings. The summed E-state index contributed by atoms with van der Waals surface area (Å²) in [5, 5.41) is 3.44. The number of para-hydroxylation sites is 1. The van der Waals surface area contributed by atoms with Crippen molar-refractivity contribution < 1.29 is 9.53 Å². The van der Waals surface area contributed by atoms with E-state index in [1.807, 2.05) is 30.1 Å². The van der Waals surface area contributed by atoms with Gasteiger partial charge < -0.3 is 15.0 Å². The summed E-state index contributed by atoms with van der Waals surface area (Å²) in [7, 11) is 3.59. The zero-order valence-electron chi connectivity index (χ0n) is 14.7. The predicted molar refractivity (Wildman–Crippen MR) is 93.7 cm³/mol. The molecular weight excluding hydrogens is 288 g/mol. The van der Waals surface area contributed by atoms with Gasteiger partial charge in [0.2, 0.25) is 5.91 Å². The molecule has 1 saturated heterocycles. The number of carbonyl (C=O) groups is 1. The Morgan fingerprint density at radius 2 is 2.22 bits per heavy atom. The van der Waals surface area contributed by atoms with Crippen molar-refractivity contribution in [1.82, 2.24) is 10.2 Å². The molecule has 0 saturated carbocycles. The monoisotopic (exact) mass is 318 g/mol.